The van der Waals surface area contributed by atoms with Crippen LogP contribution in [0.4, 0.5) is 0 Å². The summed E-state index contributed by atoms with van der Waals surface area (Å²) in [6.07, 6.45) is 25.9. The van der Waals surface area contributed by atoms with E-state index in [1.165, 1.54) is 56.1 Å². The van der Waals surface area contributed by atoms with E-state index >= 15 is 0 Å². The zero-order chi connectivity index (χ0) is 31.4. The van der Waals surface area contributed by atoms with E-state index in [4.69, 9.17) is 23.7 Å². The first-order valence-electron chi connectivity index (χ1n) is 18.9. The highest BCUT2D eigenvalue weighted by Crippen LogP contribution is 2.51. The predicted octanol–water partition coefficient (Wildman–Crippen LogP) is 8.52. The number of aliphatic hydroxyl groups is 1. The summed E-state index contributed by atoms with van der Waals surface area (Å²) >= 11 is 0. The van der Waals surface area contributed by atoms with Crippen LogP contribution in [0.25, 0.3) is 0 Å². The van der Waals surface area contributed by atoms with Gasteiger partial charge in [0.25, 0.3) is 0 Å². The van der Waals surface area contributed by atoms with Crippen molar-refractivity contribution in [3.63, 3.8) is 0 Å². The average Bonchev–Trinajstić information content (AvgIpc) is 3.66. The highest BCUT2D eigenvalue weighted by molar-refractivity contribution is 5.24. The summed E-state index contributed by atoms with van der Waals surface area (Å²) < 4.78 is 31.5. The molecule has 256 valence electrons. The van der Waals surface area contributed by atoms with E-state index in [0.717, 1.165) is 77.6 Å². The number of fused-ring (bicyclic) bond motifs is 1. The van der Waals surface area contributed by atoms with E-state index in [1.54, 1.807) is 0 Å². The molecule has 3 aliphatic carbocycles. The lowest BCUT2D eigenvalue weighted by Crippen LogP contribution is -2.33. The maximum atomic E-state index is 10.5. The molecule has 0 radical (unpaired) electrons. The molecule has 1 N–H and O–H groups in total. The molecule has 5 aliphatic rings. The minimum atomic E-state index is -0.0766. The van der Waals surface area contributed by atoms with Gasteiger partial charge in [-0.25, -0.2) is 0 Å². The number of aliphatic hydroxyl groups excluding tert-OH is 1. The fourth-order valence-electron chi connectivity index (χ4n) is 8.74. The van der Waals surface area contributed by atoms with E-state index in [9.17, 15) is 5.11 Å². The van der Waals surface area contributed by atoms with Gasteiger partial charge in [-0.15, -0.1) is 0 Å². The van der Waals surface area contributed by atoms with Crippen LogP contribution < -0.4 is 0 Å². The Hall–Kier alpha value is -1.54. The summed E-state index contributed by atoms with van der Waals surface area (Å²) in [4.78, 5) is 0. The molecule has 1 aromatic rings. The molecule has 2 saturated heterocycles. The van der Waals surface area contributed by atoms with E-state index in [0.29, 0.717) is 30.3 Å². The average molecular weight is 637 g/mol. The number of hydrogen-bond donors (Lipinski definition) is 1. The summed E-state index contributed by atoms with van der Waals surface area (Å²) in [5, 5.41) is 10.5. The van der Waals surface area contributed by atoms with Crippen molar-refractivity contribution in [1.82, 2.24) is 0 Å². The van der Waals surface area contributed by atoms with E-state index in [-0.39, 0.29) is 37.3 Å². The lowest BCUT2D eigenvalue weighted by molar-refractivity contribution is -0.193. The first-order valence-corrected chi connectivity index (χ1v) is 18.9. The summed E-state index contributed by atoms with van der Waals surface area (Å²) in [7, 11) is 0. The van der Waals surface area contributed by atoms with Crippen molar-refractivity contribution in [2.24, 2.45) is 29.6 Å². The second-order valence-corrected chi connectivity index (χ2v) is 14.7. The fourth-order valence-corrected chi connectivity index (χ4v) is 8.74. The molecule has 6 rings (SSSR count). The van der Waals surface area contributed by atoms with Crippen LogP contribution in [0.3, 0.4) is 0 Å². The molecule has 0 amide bonds. The Kier molecular flexibility index (Phi) is 13.6. The molecule has 2 saturated carbocycles. The van der Waals surface area contributed by atoms with Gasteiger partial charge in [0.15, 0.2) is 12.6 Å². The van der Waals surface area contributed by atoms with Crippen LogP contribution in [-0.4, -0.2) is 56.3 Å². The Labute approximate surface area is 278 Å². The largest absolute Gasteiger partial charge is 0.396 e. The van der Waals surface area contributed by atoms with Crippen molar-refractivity contribution in [2.75, 3.05) is 26.4 Å². The lowest BCUT2D eigenvalue weighted by Gasteiger charge is -2.33. The normalized spacial score (nSPS) is 32.0. The number of hydrogen-bond acceptors (Lipinski definition) is 6. The van der Waals surface area contributed by atoms with Gasteiger partial charge >= 0.3 is 0 Å². The zero-order valence-corrected chi connectivity index (χ0v) is 28.2. The summed E-state index contributed by atoms with van der Waals surface area (Å²) in [6, 6.07) is 10.4. The van der Waals surface area contributed by atoms with Crippen LogP contribution in [0.2, 0.25) is 0 Å². The molecule has 8 atom stereocenters. The third-order valence-corrected chi connectivity index (χ3v) is 11.4. The van der Waals surface area contributed by atoms with Crippen LogP contribution >= 0.6 is 0 Å². The molecule has 6 nitrogen and oxygen atoms in total. The molecule has 1 aromatic carbocycles. The second kappa shape index (κ2) is 18.3. The molecule has 8 unspecified atom stereocenters. The van der Waals surface area contributed by atoms with Crippen molar-refractivity contribution in [1.29, 1.82) is 0 Å². The lowest BCUT2D eigenvalue weighted by atomic mass is 9.84. The van der Waals surface area contributed by atoms with Crippen LogP contribution in [0.15, 0.2) is 54.1 Å². The molecular formula is C40H60O6. The molecule has 2 aliphatic heterocycles. The highest BCUT2D eigenvalue weighted by Gasteiger charge is 2.46. The van der Waals surface area contributed by atoms with Crippen LogP contribution in [0, 0.1) is 29.6 Å². The molecule has 6 heteroatoms. The first-order chi connectivity index (χ1) is 22.8. The second-order valence-electron chi connectivity index (χ2n) is 14.7. The summed E-state index contributed by atoms with van der Waals surface area (Å²) in [5.41, 5.74) is 2.68. The number of unbranched alkanes of at least 4 members (excludes halogenated alkanes) is 1. The third-order valence-electron chi connectivity index (χ3n) is 11.4. The maximum absolute atomic E-state index is 10.5. The maximum Gasteiger partial charge on any atom is 0.158 e. The standard InChI is InChI=1S/C40H60O6/c41-28-32(17-7-10-22-42-29-30-13-3-1-4-14-30)33-25-34-27-38(46-40-19-9-12-24-44-40)35(36(34)26-33)20-21-37(31-15-5-2-6-16-31)45-39-18-8-11-23-43-39/h1,3-4,13-14,20-21,26,31-32,34-41H,2,5-12,15-19,22-25,27-29H2. The molecule has 0 bridgehead atoms. The van der Waals surface area contributed by atoms with E-state index in [1.807, 2.05) is 6.07 Å². The number of rotatable bonds is 16. The van der Waals surface area contributed by atoms with Crippen molar-refractivity contribution < 1.29 is 28.8 Å². The van der Waals surface area contributed by atoms with Gasteiger partial charge in [-0.3, -0.25) is 0 Å². The first kappa shape index (κ1) is 34.3. The minimum Gasteiger partial charge on any atom is -0.396 e. The van der Waals surface area contributed by atoms with Gasteiger partial charge in [0, 0.05) is 38.3 Å². The molecule has 0 aromatic heterocycles. The number of benzene rings is 1. The number of ether oxygens (including phenoxy) is 5. The van der Waals surface area contributed by atoms with Gasteiger partial charge in [0.1, 0.15) is 0 Å². The van der Waals surface area contributed by atoms with Crippen molar-refractivity contribution in [3.8, 4) is 0 Å². The number of allylic oxidation sites excluding steroid dienone is 1. The SMILES string of the molecule is OCC(CCCCOCc1ccccc1)C1=CC2C(C1)CC(OC1CCCCO1)C2C=CC(OC1CCCCO1)C1CCCCC1. The third kappa shape index (κ3) is 9.76. The minimum absolute atomic E-state index is 0.0728. The Bertz CT molecular complexity index is 1050. The predicted molar refractivity (Wildman–Crippen MR) is 181 cm³/mol. The van der Waals surface area contributed by atoms with Crippen LogP contribution in [0.5, 0.6) is 0 Å². The molecule has 0 spiro atoms. The Morgan fingerprint density at radius 2 is 1.63 bits per heavy atom. The van der Waals surface area contributed by atoms with Crippen molar-refractivity contribution in [2.45, 2.75) is 134 Å². The molecule has 46 heavy (non-hydrogen) atoms. The Morgan fingerprint density at radius 1 is 0.870 bits per heavy atom. The van der Waals surface area contributed by atoms with Gasteiger partial charge in [-0.1, -0.05) is 79.8 Å². The summed E-state index contributed by atoms with van der Waals surface area (Å²) in [6.45, 7) is 3.29. The van der Waals surface area contributed by atoms with Gasteiger partial charge in [0.2, 0.25) is 0 Å². The van der Waals surface area contributed by atoms with Crippen molar-refractivity contribution >= 4 is 0 Å². The molecule has 4 fully saturated rings. The molecule has 2 heterocycles. The monoisotopic (exact) mass is 636 g/mol. The van der Waals surface area contributed by atoms with Crippen LogP contribution in [-0.2, 0) is 30.3 Å². The molecular weight excluding hydrogens is 576 g/mol. The summed E-state index contributed by atoms with van der Waals surface area (Å²) in [5.74, 6) is 2.13. The van der Waals surface area contributed by atoms with Gasteiger partial charge < -0.3 is 28.8 Å². The fraction of sp³-hybridized carbons (Fsp3) is 0.750. The van der Waals surface area contributed by atoms with Crippen molar-refractivity contribution in [3.05, 3.63) is 59.7 Å². The highest BCUT2D eigenvalue weighted by atomic mass is 16.7. The topological polar surface area (TPSA) is 66.4 Å². The Morgan fingerprint density at radius 3 is 2.37 bits per heavy atom. The van der Waals surface area contributed by atoms with E-state index in [2.05, 4.69) is 42.5 Å². The van der Waals surface area contributed by atoms with Gasteiger partial charge in [-0.2, -0.15) is 0 Å². The Balaban J connectivity index is 1.09. The van der Waals surface area contributed by atoms with E-state index < -0.39 is 0 Å². The van der Waals surface area contributed by atoms with Gasteiger partial charge in [-0.05, 0) is 100 Å². The van der Waals surface area contributed by atoms with Gasteiger partial charge in [0.05, 0.1) is 18.8 Å². The smallest absolute Gasteiger partial charge is 0.158 e. The van der Waals surface area contributed by atoms with Crippen LogP contribution in [0.1, 0.15) is 108 Å². The quantitative estimate of drug-likeness (QED) is 0.145. The zero-order valence-electron chi connectivity index (χ0n) is 28.2.